The number of ether oxygens (including phenoxy) is 3. The van der Waals surface area contributed by atoms with Crippen molar-refractivity contribution in [1.82, 2.24) is 0 Å². The van der Waals surface area contributed by atoms with Gasteiger partial charge in [0.15, 0.2) is 0 Å². The Morgan fingerprint density at radius 2 is 1.82 bits per heavy atom. The van der Waals surface area contributed by atoms with Gasteiger partial charge >= 0.3 is 6.09 Å². The molecule has 0 unspecified atom stereocenters. The SMILES string of the molecule is CCCOC(=O)Nc1c(OC)cccc1OC. The number of benzene rings is 1. The second-order valence-corrected chi connectivity index (χ2v) is 3.30. The third-order valence-electron chi connectivity index (χ3n) is 2.09. The van der Waals surface area contributed by atoms with Crippen molar-refractivity contribution in [2.24, 2.45) is 0 Å². The lowest BCUT2D eigenvalue weighted by atomic mass is 10.2. The number of nitrogens with one attached hydrogen (secondary N) is 1. The summed E-state index contributed by atoms with van der Waals surface area (Å²) in [5, 5.41) is 2.60. The van der Waals surface area contributed by atoms with Gasteiger partial charge in [-0.15, -0.1) is 0 Å². The van der Waals surface area contributed by atoms with Crippen LogP contribution in [0.1, 0.15) is 13.3 Å². The van der Waals surface area contributed by atoms with Crippen LogP contribution in [0.15, 0.2) is 18.2 Å². The zero-order chi connectivity index (χ0) is 12.7. The zero-order valence-electron chi connectivity index (χ0n) is 10.3. The first-order valence-corrected chi connectivity index (χ1v) is 5.37. The average Bonchev–Trinajstić information content (AvgIpc) is 2.36. The summed E-state index contributed by atoms with van der Waals surface area (Å²) in [6.45, 7) is 2.31. The van der Waals surface area contributed by atoms with Crippen LogP contribution in [-0.4, -0.2) is 26.9 Å². The number of hydrogen-bond acceptors (Lipinski definition) is 4. The smallest absolute Gasteiger partial charge is 0.411 e. The van der Waals surface area contributed by atoms with Gasteiger partial charge in [-0.1, -0.05) is 13.0 Å². The van der Waals surface area contributed by atoms with E-state index in [0.717, 1.165) is 6.42 Å². The molecule has 17 heavy (non-hydrogen) atoms. The maximum atomic E-state index is 11.5. The van der Waals surface area contributed by atoms with Gasteiger partial charge < -0.3 is 14.2 Å². The van der Waals surface area contributed by atoms with E-state index in [0.29, 0.717) is 23.8 Å². The normalized spacial score (nSPS) is 9.59. The highest BCUT2D eigenvalue weighted by Crippen LogP contribution is 2.34. The molecule has 1 aromatic carbocycles. The average molecular weight is 239 g/mol. The van der Waals surface area contributed by atoms with Gasteiger partial charge in [0, 0.05) is 0 Å². The highest BCUT2D eigenvalue weighted by atomic mass is 16.5. The molecular formula is C12H17NO4. The van der Waals surface area contributed by atoms with Gasteiger partial charge in [-0.2, -0.15) is 0 Å². The van der Waals surface area contributed by atoms with E-state index >= 15 is 0 Å². The summed E-state index contributed by atoms with van der Waals surface area (Å²) in [6.07, 6.45) is 0.255. The molecule has 0 saturated carbocycles. The molecule has 0 aliphatic carbocycles. The molecule has 0 aliphatic rings. The van der Waals surface area contributed by atoms with Gasteiger partial charge in [-0.3, -0.25) is 5.32 Å². The van der Waals surface area contributed by atoms with Gasteiger partial charge in [-0.05, 0) is 18.6 Å². The monoisotopic (exact) mass is 239 g/mol. The Bertz CT molecular complexity index is 357. The molecule has 0 bridgehead atoms. The van der Waals surface area contributed by atoms with Gasteiger partial charge in [0.05, 0.1) is 20.8 Å². The van der Waals surface area contributed by atoms with Crippen LogP contribution in [0, 0.1) is 0 Å². The fourth-order valence-corrected chi connectivity index (χ4v) is 1.31. The fourth-order valence-electron chi connectivity index (χ4n) is 1.31. The Kier molecular flexibility index (Phi) is 5.13. The van der Waals surface area contributed by atoms with E-state index in [9.17, 15) is 4.79 Å². The molecule has 0 fully saturated rings. The molecule has 5 nitrogen and oxygen atoms in total. The first kappa shape index (κ1) is 13.2. The van der Waals surface area contributed by atoms with Gasteiger partial charge in [-0.25, -0.2) is 4.79 Å². The second-order valence-electron chi connectivity index (χ2n) is 3.30. The Morgan fingerprint density at radius 1 is 1.24 bits per heavy atom. The van der Waals surface area contributed by atoms with Gasteiger partial charge in [0.25, 0.3) is 0 Å². The van der Waals surface area contributed by atoms with Crippen molar-refractivity contribution in [1.29, 1.82) is 0 Å². The highest BCUT2D eigenvalue weighted by molar-refractivity contribution is 5.89. The summed E-state index contributed by atoms with van der Waals surface area (Å²) in [5.41, 5.74) is 0.471. The molecule has 0 heterocycles. The van der Waals surface area contributed by atoms with Crippen molar-refractivity contribution in [3.05, 3.63) is 18.2 Å². The maximum absolute atomic E-state index is 11.5. The van der Waals surface area contributed by atoms with Crippen LogP contribution in [0.4, 0.5) is 10.5 Å². The molecule has 1 rings (SSSR count). The van der Waals surface area contributed by atoms with Crippen LogP contribution >= 0.6 is 0 Å². The van der Waals surface area contributed by atoms with Crippen LogP contribution in [0.2, 0.25) is 0 Å². The van der Waals surface area contributed by atoms with E-state index in [-0.39, 0.29) is 0 Å². The highest BCUT2D eigenvalue weighted by Gasteiger charge is 2.13. The van der Waals surface area contributed by atoms with E-state index in [4.69, 9.17) is 14.2 Å². The van der Waals surface area contributed by atoms with Crippen molar-refractivity contribution in [3.8, 4) is 11.5 Å². The lowest BCUT2D eigenvalue weighted by Gasteiger charge is -2.13. The fraction of sp³-hybridized carbons (Fsp3) is 0.417. The Hall–Kier alpha value is -1.91. The molecule has 1 N–H and O–H groups in total. The molecule has 1 aromatic rings. The number of carbonyl (C=O) groups excluding carboxylic acids is 1. The number of methoxy groups -OCH3 is 2. The number of hydrogen-bond donors (Lipinski definition) is 1. The molecule has 0 radical (unpaired) electrons. The largest absolute Gasteiger partial charge is 0.494 e. The summed E-state index contributed by atoms with van der Waals surface area (Å²) in [7, 11) is 3.05. The number of amides is 1. The Morgan fingerprint density at radius 3 is 2.29 bits per heavy atom. The number of para-hydroxylation sites is 1. The maximum Gasteiger partial charge on any atom is 0.411 e. The minimum absolute atomic E-state index is 0.378. The summed E-state index contributed by atoms with van der Waals surface area (Å²) < 4.78 is 15.2. The molecule has 0 saturated heterocycles. The first-order chi connectivity index (χ1) is 8.22. The van der Waals surface area contributed by atoms with Crippen LogP contribution in [0.5, 0.6) is 11.5 Å². The second kappa shape index (κ2) is 6.62. The van der Waals surface area contributed by atoms with E-state index in [1.54, 1.807) is 18.2 Å². The molecule has 94 valence electrons. The molecule has 0 aliphatic heterocycles. The zero-order valence-corrected chi connectivity index (χ0v) is 10.3. The van der Waals surface area contributed by atoms with Crippen LogP contribution in [0.25, 0.3) is 0 Å². The van der Waals surface area contributed by atoms with Crippen LogP contribution < -0.4 is 14.8 Å². The minimum atomic E-state index is -0.519. The summed E-state index contributed by atoms with van der Waals surface area (Å²) >= 11 is 0. The van der Waals surface area contributed by atoms with Crippen LogP contribution in [-0.2, 0) is 4.74 Å². The van der Waals surface area contributed by atoms with Crippen molar-refractivity contribution >= 4 is 11.8 Å². The van der Waals surface area contributed by atoms with Gasteiger partial charge in [0.1, 0.15) is 17.2 Å². The van der Waals surface area contributed by atoms with Crippen molar-refractivity contribution in [2.75, 3.05) is 26.1 Å². The molecule has 0 aromatic heterocycles. The summed E-state index contributed by atoms with van der Waals surface area (Å²) in [5.74, 6) is 1.05. The van der Waals surface area contributed by atoms with E-state index < -0.39 is 6.09 Å². The number of anilines is 1. The number of rotatable bonds is 5. The van der Waals surface area contributed by atoms with Gasteiger partial charge in [0.2, 0.25) is 0 Å². The van der Waals surface area contributed by atoms with E-state index in [1.165, 1.54) is 14.2 Å². The molecule has 5 heteroatoms. The lowest BCUT2D eigenvalue weighted by molar-refractivity contribution is 0.161. The number of carbonyl (C=O) groups is 1. The summed E-state index contributed by atoms with van der Waals surface area (Å²) in [4.78, 5) is 11.5. The Balaban J connectivity index is 2.83. The predicted octanol–water partition coefficient (Wildman–Crippen LogP) is 2.66. The molecular weight excluding hydrogens is 222 g/mol. The van der Waals surface area contributed by atoms with Crippen LogP contribution in [0.3, 0.4) is 0 Å². The molecule has 0 atom stereocenters. The lowest BCUT2D eigenvalue weighted by Crippen LogP contribution is -2.15. The Labute approximate surface area is 101 Å². The van der Waals surface area contributed by atoms with E-state index in [1.807, 2.05) is 6.92 Å². The van der Waals surface area contributed by atoms with Crippen molar-refractivity contribution in [2.45, 2.75) is 13.3 Å². The van der Waals surface area contributed by atoms with Crippen molar-refractivity contribution in [3.63, 3.8) is 0 Å². The summed E-state index contributed by atoms with van der Waals surface area (Å²) in [6, 6.07) is 5.25. The molecule has 1 amide bonds. The third kappa shape index (κ3) is 3.55. The standard InChI is InChI=1S/C12H17NO4/c1-4-8-17-12(14)13-11-9(15-2)6-5-7-10(11)16-3/h5-7H,4,8H2,1-3H3,(H,13,14). The third-order valence-corrected chi connectivity index (χ3v) is 2.09. The van der Waals surface area contributed by atoms with Crippen molar-refractivity contribution < 1.29 is 19.0 Å². The first-order valence-electron chi connectivity index (χ1n) is 5.37. The molecule has 0 spiro atoms. The topological polar surface area (TPSA) is 56.8 Å². The quantitative estimate of drug-likeness (QED) is 0.858. The minimum Gasteiger partial charge on any atom is -0.494 e. The predicted molar refractivity (Wildman–Crippen MR) is 64.8 cm³/mol. The van der Waals surface area contributed by atoms with E-state index in [2.05, 4.69) is 5.32 Å².